The van der Waals surface area contributed by atoms with Gasteiger partial charge in [-0.15, -0.1) is 0 Å². The maximum atomic E-state index is 11.6. The average molecular weight is 245 g/mol. The second-order valence-corrected chi connectivity index (χ2v) is 3.81. The van der Waals surface area contributed by atoms with Crippen LogP contribution in [0.2, 0.25) is 0 Å². The molecule has 0 bridgehead atoms. The van der Waals surface area contributed by atoms with E-state index in [2.05, 4.69) is 15.6 Å². The third kappa shape index (κ3) is 3.51. The molecule has 2 aromatic rings. The molecule has 0 aliphatic carbocycles. The van der Waals surface area contributed by atoms with Crippen molar-refractivity contribution >= 4 is 17.4 Å². The van der Waals surface area contributed by atoms with Gasteiger partial charge in [0.2, 0.25) is 0 Å². The fraction of sp³-hybridized carbons (Fsp3) is 0.167. The van der Waals surface area contributed by atoms with E-state index in [1.165, 1.54) is 0 Å². The monoisotopic (exact) mass is 245 g/mol. The maximum absolute atomic E-state index is 11.6. The number of aromatic nitrogens is 2. The lowest BCUT2D eigenvalue weighted by atomic mass is 10.3. The summed E-state index contributed by atoms with van der Waals surface area (Å²) >= 11 is 0. The number of imidazole rings is 1. The minimum atomic E-state index is -0.249. The van der Waals surface area contributed by atoms with Crippen LogP contribution in [0.1, 0.15) is 0 Å². The van der Waals surface area contributed by atoms with Crippen molar-refractivity contribution in [3.05, 3.63) is 43.0 Å². The quantitative estimate of drug-likeness (QED) is 0.709. The van der Waals surface area contributed by atoms with Crippen molar-refractivity contribution < 1.29 is 4.79 Å². The van der Waals surface area contributed by atoms with Crippen LogP contribution in [-0.4, -0.2) is 22.1 Å². The van der Waals surface area contributed by atoms with Crippen molar-refractivity contribution in [1.29, 1.82) is 0 Å². The standard InChI is InChI=1S/C12H15N5O/c13-10-2-1-3-11(8-10)16-12(18)15-5-7-17-6-4-14-9-17/h1-4,6,8-9H,5,7,13H2,(H2,15,16,18). The van der Waals surface area contributed by atoms with Crippen LogP contribution in [0.5, 0.6) is 0 Å². The molecule has 4 N–H and O–H groups in total. The molecule has 6 heteroatoms. The van der Waals surface area contributed by atoms with Gasteiger partial charge in [0.25, 0.3) is 0 Å². The number of amides is 2. The summed E-state index contributed by atoms with van der Waals surface area (Å²) < 4.78 is 1.89. The Hall–Kier alpha value is -2.50. The van der Waals surface area contributed by atoms with Gasteiger partial charge in [-0.3, -0.25) is 0 Å². The normalized spacial score (nSPS) is 10.0. The Balaban J connectivity index is 1.75. The Kier molecular flexibility index (Phi) is 3.80. The van der Waals surface area contributed by atoms with E-state index in [-0.39, 0.29) is 6.03 Å². The zero-order valence-corrected chi connectivity index (χ0v) is 9.84. The highest BCUT2D eigenvalue weighted by atomic mass is 16.2. The van der Waals surface area contributed by atoms with Crippen LogP contribution in [0.15, 0.2) is 43.0 Å². The first kappa shape index (κ1) is 12.0. The fourth-order valence-corrected chi connectivity index (χ4v) is 1.51. The van der Waals surface area contributed by atoms with Gasteiger partial charge in [0.05, 0.1) is 6.33 Å². The van der Waals surface area contributed by atoms with Crippen LogP contribution in [-0.2, 0) is 6.54 Å². The van der Waals surface area contributed by atoms with Crippen LogP contribution in [0.25, 0.3) is 0 Å². The molecule has 0 fully saturated rings. The molecule has 18 heavy (non-hydrogen) atoms. The van der Waals surface area contributed by atoms with Crippen LogP contribution in [0.3, 0.4) is 0 Å². The van der Waals surface area contributed by atoms with E-state index in [9.17, 15) is 4.79 Å². The molecule has 0 aliphatic heterocycles. The SMILES string of the molecule is Nc1cccc(NC(=O)NCCn2ccnc2)c1. The van der Waals surface area contributed by atoms with Gasteiger partial charge in [0.15, 0.2) is 0 Å². The molecule has 6 nitrogen and oxygen atoms in total. The molecule has 0 spiro atoms. The smallest absolute Gasteiger partial charge is 0.319 e. The largest absolute Gasteiger partial charge is 0.399 e. The summed E-state index contributed by atoms with van der Waals surface area (Å²) in [5.41, 5.74) is 6.91. The number of carbonyl (C=O) groups excluding carboxylic acids is 1. The number of hydrogen-bond donors (Lipinski definition) is 3. The van der Waals surface area contributed by atoms with Crippen molar-refractivity contribution in [2.75, 3.05) is 17.6 Å². The van der Waals surface area contributed by atoms with Gasteiger partial charge >= 0.3 is 6.03 Å². The molecule has 1 aromatic carbocycles. The number of nitrogen functional groups attached to an aromatic ring is 1. The molecule has 94 valence electrons. The van der Waals surface area contributed by atoms with E-state index in [4.69, 9.17) is 5.73 Å². The molecule has 2 amide bonds. The molecule has 1 heterocycles. The van der Waals surface area contributed by atoms with Gasteiger partial charge < -0.3 is 20.9 Å². The zero-order chi connectivity index (χ0) is 12.8. The molecule has 0 aliphatic rings. The molecular weight excluding hydrogens is 230 g/mol. The van der Waals surface area contributed by atoms with Crippen LogP contribution < -0.4 is 16.4 Å². The molecule has 1 aromatic heterocycles. The molecular formula is C12H15N5O. The highest BCUT2D eigenvalue weighted by Crippen LogP contribution is 2.11. The van der Waals surface area contributed by atoms with E-state index in [0.29, 0.717) is 24.5 Å². The number of hydrogen-bond acceptors (Lipinski definition) is 3. The minimum Gasteiger partial charge on any atom is -0.399 e. The summed E-state index contributed by atoms with van der Waals surface area (Å²) in [5.74, 6) is 0. The minimum absolute atomic E-state index is 0.249. The predicted molar refractivity (Wildman–Crippen MR) is 70.1 cm³/mol. The summed E-state index contributed by atoms with van der Waals surface area (Å²) in [4.78, 5) is 15.5. The number of carbonyl (C=O) groups is 1. The maximum Gasteiger partial charge on any atom is 0.319 e. The number of nitrogens with one attached hydrogen (secondary N) is 2. The zero-order valence-electron chi connectivity index (χ0n) is 9.84. The molecule has 0 saturated carbocycles. The first-order valence-electron chi connectivity index (χ1n) is 5.60. The number of urea groups is 1. The van der Waals surface area contributed by atoms with Crippen molar-refractivity contribution in [2.24, 2.45) is 0 Å². The van der Waals surface area contributed by atoms with E-state index in [0.717, 1.165) is 0 Å². The first-order chi connectivity index (χ1) is 8.74. The topological polar surface area (TPSA) is 85.0 Å². The molecule has 0 unspecified atom stereocenters. The second-order valence-electron chi connectivity index (χ2n) is 3.81. The summed E-state index contributed by atoms with van der Waals surface area (Å²) in [6.45, 7) is 1.22. The van der Waals surface area contributed by atoms with E-state index >= 15 is 0 Å². The van der Waals surface area contributed by atoms with Gasteiger partial charge in [-0.25, -0.2) is 9.78 Å². The lowest BCUT2D eigenvalue weighted by Gasteiger charge is -2.08. The second kappa shape index (κ2) is 5.72. The van der Waals surface area contributed by atoms with E-state index in [1.807, 2.05) is 10.8 Å². The Labute approximate surface area is 105 Å². The number of nitrogens with zero attached hydrogens (tertiary/aromatic N) is 2. The Morgan fingerprint density at radius 2 is 2.33 bits per heavy atom. The first-order valence-corrected chi connectivity index (χ1v) is 5.60. The van der Waals surface area contributed by atoms with Gasteiger partial charge in [-0.2, -0.15) is 0 Å². The van der Waals surface area contributed by atoms with Crippen molar-refractivity contribution in [2.45, 2.75) is 6.54 Å². The van der Waals surface area contributed by atoms with Gasteiger partial charge in [0, 0.05) is 36.9 Å². The van der Waals surface area contributed by atoms with Gasteiger partial charge in [-0.1, -0.05) is 6.07 Å². The van der Waals surface area contributed by atoms with Crippen LogP contribution >= 0.6 is 0 Å². The Morgan fingerprint density at radius 3 is 3.06 bits per heavy atom. The van der Waals surface area contributed by atoms with Crippen molar-refractivity contribution in [1.82, 2.24) is 14.9 Å². The van der Waals surface area contributed by atoms with Gasteiger partial charge in [0.1, 0.15) is 0 Å². The molecule has 0 atom stereocenters. The number of nitrogens with two attached hydrogens (primary N) is 1. The molecule has 2 rings (SSSR count). The summed E-state index contributed by atoms with van der Waals surface area (Å²) in [7, 11) is 0. The number of rotatable bonds is 4. The molecule has 0 saturated heterocycles. The summed E-state index contributed by atoms with van der Waals surface area (Å²) in [5, 5.41) is 5.46. The Morgan fingerprint density at radius 1 is 1.44 bits per heavy atom. The fourth-order valence-electron chi connectivity index (χ4n) is 1.51. The van der Waals surface area contributed by atoms with E-state index in [1.54, 1.807) is 36.8 Å². The third-order valence-electron chi connectivity index (χ3n) is 2.36. The lowest BCUT2D eigenvalue weighted by molar-refractivity contribution is 0.251. The summed E-state index contributed by atoms with van der Waals surface area (Å²) in [6.07, 6.45) is 5.25. The van der Waals surface area contributed by atoms with E-state index < -0.39 is 0 Å². The number of benzene rings is 1. The van der Waals surface area contributed by atoms with Gasteiger partial charge in [-0.05, 0) is 18.2 Å². The Bertz CT molecular complexity index is 509. The van der Waals surface area contributed by atoms with Crippen molar-refractivity contribution in [3.63, 3.8) is 0 Å². The third-order valence-corrected chi connectivity index (χ3v) is 2.36. The van der Waals surface area contributed by atoms with Crippen LogP contribution in [0.4, 0.5) is 16.2 Å². The predicted octanol–water partition coefficient (Wildman–Crippen LogP) is 1.29. The lowest BCUT2D eigenvalue weighted by Crippen LogP contribution is -2.31. The average Bonchev–Trinajstić information content (AvgIpc) is 2.82. The molecule has 0 radical (unpaired) electrons. The van der Waals surface area contributed by atoms with Crippen molar-refractivity contribution in [3.8, 4) is 0 Å². The summed E-state index contributed by atoms with van der Waals surface area (Å²) in [6, 6.07) is 6.79. The highest BCUT2D eigenvalue weighted by molar-refractivity contribution is 5.89. The number of anilines is 2. The highest BCUT2D eigenvalue weighted by Gasteiger charge is 2.00. The van der Waals surface area contributed by atoms with Crippen LogP contribution in [0, 0.1) is 0 Å².